The fourth-order valence-electron chi connectivity index (χ4n) is 2.22. The molecule has 14 heavy (non-hydrogen) atoms. The number of aromatic nitrogens is 3. The molecule has 1 saturated carbocycles. The molecule has 0 radical (unpaired) electrons. The van der Waals surface area contributed by atoms with E-state index in [9.17, 15) is 0 Å². The summed E-state index contributed by atoms with van der Waals surface area (Å²) in [5.41, 5.74) is 0. The Morgan fingerprint density at radius 1 is 1.43 bits per heavy atom. The lowest BCUT2D eigenvalue weighted by Crippen LogP contribution is -2.36. The van der Waals surface area contributed by atoms with Crippen LogP contribution in [0, 0.1) is 19.8 Å². The second-order valence-corrected chi connectivity index (χ2v) is 4.11. The monoisotopic (exact) mass is 194 g/mol. The van der Waals surface area contributed by atoms with Crippen molar-refractivity contribution in [2.45, 2.75) is 32.7 Å². The van der Waals surface area contributed by atoms with Crippen molar-refractivity contribution in [1.29, 1.82) is 0 Å². The molecule has 2 unspecified atom stereocenters. The Bertz CT molecular complexity index is 318. The molecule has 0 bridgehead atoms. The van der Waals surface area contributed by atoms with Gasteiger partial charge < -0.3 is 5.32 Å². The highest BCUT2D eigenvalue weighted by Gasteiger charge is 2.33. The first kappa shape index (κ1) is 9.65. The quantitative estimate of drug-likeness (QED) is 0.782. The second-order valence-electron chi connectivity index (χ2n) is 4.11. The number of hydrogen-bond donors (Lipinski definition) is 1. The van der Waals surface area contributed by atoms with E-state index in [1.165, 1.54) is 12.8 Å². The lowest BCUT2D eigenvalue weighted by Gasteiger charge is -2.36. The summed E-state index contributed by atoms with van der Waals surface area (Å²) in [5, 5.41) is 7.68. The maximum absolute atomic E-state index is 4.44. The molecule has 1 aromatic rings. The van der Waals surface area contributed by atoms with Gasteiger partial charge in [0.05, 0.1) is 6.04 Å². The number of hydrogen-bond acceptors (Lipinski definition) is 3. The number of rotatable bonds is 3. The number of aryl methyl sites for hydroxylation is 2. The molecule has 1 aliphatic rings. The Morgan fingerprint density at radius 3 is 2.64 bits per heavy atom. The van der Waals surface area contributed by atoms with Gasteiger partial charge in [-0.05, 0) is 46.2 Å². The van der Waals surface area contributed by atoms with Crippen LogP contribution in [0.5, 0.6) is 0 Å². The van der Waals surface area contributed by atoms with Crippen molar-refractivity contribution in [3.05, 3.63) is 11.6 Å². The molecule has 1 N–H and O–H groups in total. The molecular formula is C10H18N4. The highest BCUT2D eigenvalue weighted by Crippen LogP contribution is 2.37. The van der Waals surface area contributed by atoms with E-state index in [4.69, 9.17) is 0 Å². The fraction of sp³-hybridized carbons (Fsp3) is 0.800. The Hall–Kier alpha value is -0.900. The molecule has 4 heteroatoms. The van der Waals surface area contributed by atoms with Gasteiger partial charge in [0.2, 0.25) is 0 Å². The van der Waals surface area contributed by atoms with E-state index in [1.807, 2.05) is 20.9 Å². The fourth-order valence-corrected chi connectivity index (χ4v) is 2.22. The van der Waals surface area contributed by atoms with Gasteiger partial charge in [0.25, 0.3) is 0 Å². The molecule has 0 aliphatic heterocycles. The van der Waals surface area contributed by atoms with Gasteiger partial charge in [-0.2, -0.15) is 5.10 Å². The highest BCUT2D eigenvalue weighted by atomic mass is 15.4. The molecule has 2 atom stereocenters. The summed E-state index contributed by atoms with van der Waals surface area (Å²) in [6.45, 7) is 5.08. The van der Waals surface area contributed by atoms with Crippen LogP contribution < -0.4 is 5.32 Å². The maximum atomic E-state index is 4.44. The molecule has 0 aromatic carbocycles. The topological polar surface area (TPSA) is 42.7 Å². The van der Waals surface area contributed by atoms with E-state index >= 15 is 0 Å². The van der Waals surface area contributed by atoms with E-state index < -0.39 is 0 Å². The van der Waals surface area contributed by atoms with E-state index in [2.05, 4.69) is 20.1 Å². The van der Waals surface area contributed by atoms with Crippen LogP contribution in [0.4, 0.5) is 0 Å². The molecule has 1 aromatic heterocycles. The third-order valence-corrected chi connectivity index (χ3v) is 3.07. The van der Waals surface area contributed by atoms with Crippen molar-refractivity contribution in [3.63, 3.8) is 0 Å². The lowest BCUT2D eigenvalue weighted by atomic mass is 9.79. The van der Waals surface area contributed by atoms with Gasteiger partial charge in [-0.15, -0.1) is 0 Å². The molecule has 0 spiro atoms. The van der Waals surface area contributed by atoms with Crippen LogP contribution in [0.25, 0.3) is 0 Å². The van der Waals surface area contributed by atoms with Crippen molar-refractivity contribution < 1.29 is 0 Å². The Labute approximate surface area is 84.7 Å². The number of nitrogens with one attached hydrogen (secondary N) is 1. The molecule has 2 rings (SSSR count). The second kappa shape index (κ2) is 3.69. The van der Waals surface area contributed by atoms with Crippen LogP contribution in [0.3, 0.4) is 0 Å². The first-order valence-corrected chi connectivity index (χ1v) is 5.26. The summed E-state index contributed by atoms with van der Waals surface area (Å²) in [6, 6.07) is 0.573. The van der Waals surface area contributed by atoms with Crippen molar-refractivity contribution >= 4 is 0 Å². The summed E-state index contributed by atoms with van der Waals surface area (Å²) in [7, 11) is 2.01. The predicted octanol–water partition coefficient (Wildman–Crippen LogP) is 1.07. The van der Waals surface area contributed by atoms with Crippen LogP contribution in [-0.4, -0.2) is 28.4 Å². The lowest BCUT2D eigenvalue weighted by molar-refractivity contribution is 0.162. The Balaban J connectivity index is 2.11. The molecule has 0 saturated heterocycles. The highest BCUT2D eigenvalue weighted by molar-refractivity contribution is 4.95. The maximum Gasteiger partial charge on any atom is 0.147 e. The molecule has 1 fully saturated rings. The van der Waals surface area contributed by atoms with E-state index in [-0.39, 0.29) is 0 Å². The van der Waals surface area contributed by atoms with Crippen molar-refractivity contribution in [1.82, 2.24) is 20.1 Å². The normalized spacial score (nSPS) is 26.2. The molecule has 1 aliphatic carbocycles. The van der Waals surface area contributed by atoms with Gasteiger partial charge in [-0.25, -0.2) is 9.67 Å². The minimum atomic E-state index is 0.573. The average Bonchev–Trinajstić information content (AvgIpc) is 2.40. The van der Waals surface area contributed by atoms with Crippen molar-refractivity contribution in [3.8, 4) is 0 Å². The predicted molar refractivity (Wildman–Crippen MR) is 55.2 cm³/mol. The minimum Gasteiger partial charge on any atom is -0.319 e. The first-order chi connectivity index (χ1) is 6.72. The van der Waals surface area contributed by atoms with E-state index in [0.29, 0.717) is 6.04 Å². The van der Waals surface area contributed by atoms with Crippen LogP contribution in [0.1, 0.15) is 30.5 Å². The smallest absolute Gasteiger partial charge is 0.147 e. The summed E-state index contributed by atoms with van der Waals surface area (Å²) >= 11 is 0. The van der Waals surface area contributed by atoms with Gasteiger partial charge >= 0.3 is 0 Å². The van der Waals surface area contributed by atoms with Crippen LogP contribution in [0.2, 0.25) is 0 Å². The zero-order chi connectivity index (χ0) is 10.1. The molecule has 4 nitrogen and oxygen atoms in total. The van der Waals surface area contributed by atoms with Crippen molar-refractivity contribution in [2.24, 2.45) is 5.92 Å². The van der Waals surface area contributed by atoms with Gasteiger partial charge in [0.15, 0.2) is 0 Å². The zero-order valence-corrected chi connectivity index (χ0v) is 9.12. The summed E-state index contributed by atoms with van der Waals surface area (Å²) in [6.07, 6.45) is 2.56. The molecular weight excluding hydrogens is 176 g/mol. The minimum absolute atomic E-state index is 0.573. The van der Waals surface area contributed by atoms with Gasteiger partial charge in [-0.1, -0.05) is 0 Å². The molecule has 78 valence electrons. The zero-order valence-electron chi connectivity index (χ0n) is 9.12. The average molecular weight is 194 g/mol. The standard InChI is InChI=1S/C10H18N4/c1-7-12-8(2)14(13-7)10-5-4-9(10)6-11-3/h9-11H,4-6H2,1-3H3. The summed E-state index contributed by atoms with van der Waals surface area (Å²) < 4.78 is 2.10. The van der Waals surface area contributed by atoms with Gasteiger partial charge in [-0.3, -0.25) is 0 Å². The third kappa shape index (κ3) is 1.54. The number of nitrogens with zero attached hydrogens (tertiary/aromatic N) is 3. The largest absolute Gasteiger partial charge is 0.319 e. The first-order valence-electron chi connectivity index (χ1n) is 5.26. The van der Waals surface area contributed by atoms with Gasteiger partial charge in [0.1, 0.15) is 11.6 Å². The molecule has 1 heterocycles. The Kier molecular flexibility index (Phi) is 2.54. The van der Waals surface area contributed by atoms with Crippen molar-refractivity contribution in [2.75, 3.05) is 13.6 Å². The summed E-state index contributed by atoms with van der Waals surface area (Å²) in [5.74, 6) is 2.67. The van der Waals surface area contributed by atoms with E-state index in [1.54, 1.807) is 0 Å². The SMILES string of the molecule is CNCC1CCC1n1nc(C)nc1C. The third-order valence-electron chi connectivity index (χ3n) is 3.07. The van der Waals surface area contributed by atoms with Crippen LogP contribution in [0.15, 0.2) is 0 Å². The Morgan fingerprint density at radius 2 is 2.21 bits per heavy atom. The van der Waals surface area contributed by atoms with Gasteiger partial charge in [0, 0.05) is 0 Å². The van der Waals surface area contributed by atoms with Crippen LogP contribution in [-0.2, 0) is 0 Å². The van der Waals surface area contributed by atoms with Crippen LogP contribution >= 0.6 is 0 Å². The van der Waals surface area contributed by atoms with E-state index in [0.717, 1.165) is 24.1 Å². The molecule has 0 amide bonds. The summed E-state index contributed by atoms with van der Waals surface area (Å²) in [4.78, 5) is 4.34.